The number of ketones is 4. The van der Waals surface area contributed by atoms with Gasteiger partial charge >= 0.3 is 0 Å². The highest BCUT2D eigenvalue weighted by Gasteiger charge is 2.27. The molecule has 0 saturated heterocycles. The van der Waals surface area contributed by atoms with Crippen LogP contribution in [0.15, 0.2) is 0 Å². The van der Waals surface area contributed by atoms with Crippen LogP contribution >= 0.6 is 0 Å². The van der Waals surface area contributed by atoms with Gasteiger partial charge in [0.15, 0.2) is 23.1 Å². The fourth-order valence-electron chi connectivity index (χ4n) is 3.77. The summed E-state index contributed by atoms with van der Waals surface area (Å²) in [5.41, 5.74) is 0. The number of Topliss-reactive ketones (excluding diaryl/α,β-unsaturated/α-hetero) is 4. The second kappa shape index (κ2) is 10.1. The number of carbonyl (C=O) groups excluding carboxylic acids is 4. The van der Waals surface area contributed by atoms with Gasteiger partial charge in [-0.05, 0) is 64.7 Å². The van der Waals surface area contributed by atoms with E-state index in [1.54, 1.807) is 0 Å². The van der Waals surface area contributed by atoms with Crippen LogP contribution in [0.25, 0.3) is 0 Å². The van der Waals surface area contributed by atoms with Crippen LogP contribution in [0, 0.1) is 11.8 Å². The normalized spacial score (nSPS) is 24.8. The van der Waals surface area contributed by atoms with E-state index >= 15 is 0 Å². The van der Waals surface area contributed by atoms with Crippen molar-refractivity contribution in [2.75, 3.05) is 40.3 Å². The van der Waals surface area contributed by atoms with Crippen LogP contribution in [0.1, 0.15) is 51.4 Å². The Kier molecular flexibility index (Phi) is 8.10. The molecular weight excluding hydrogens is 332 g/mol. The molecule has 0 heterocycles. The van der Waals surface area contributed by atoms with Gasteiger partial charge in [0, 0.05) is 38.8 Å². The predicted octanol–water partition coefficient (Wildman–Crippen LogP) is 1.51. The largest absolute Gasteiger partial charge is 0.305 e. The molecule has 0 amide bonds. The number of nitrogens with zero attached hydrogens (tertiary/aromatic N) is 2. The summed E-state index contributed by atoms with van der Waals surface area (Å²) in [6.45, 7) is 3.80. The first-order chi connectivity index (χ1) is 12.3. The molecule has 0 spiro atoms. The van der Waals surface area contributed by atoms with Gasteiger partial charge in [0.1, 0.15) is 0 Å². The summed E-state index contributed by atoms with van der Waals surface area (Å²) in [5.74, 6) is -0.0579. The quantitative estimate of drug-likeness (QED) is 0.577. The van der Waals surface area contributed by atoms with Gasteiger partial charge in [-0.1, -0.05) is 0 Å². The van der Waals surface area contributed by atoms with E-state index < -0.39 is 0 Å². The topological polar surface area (TPSA) is 74.8 Å². The maximum atomic E-state index is 11.5. The van der Waals surface area contributed by atoms with Crippen molar-refractivity contribution in [1.29, 1.82) is 0 Å². The molecule has 6 heteroatoms. The van der Waals surface area contributed by atoms with Crippen molar-refractivity contribution in [3.05, 3.63) is 0 Å². The average molecular weight is 364 g/mol. The maximum Gasteiger partial charge on any atom is 0.198 e. The van der Waals surface area contributed by atoms with E-state index in [4.69, 9.17) is 0 Å². The minimum atomic E-state index is -0.194. The Morgan fingerprint density at radius 1 is 0.654 bits per heavy atom. The number of hydrogen-bond donors (Lipinski definition) is 0. The van der Waals surface area contributed by atoms with E-state index in [1.165, 1.54) is 0 Å². The second-order valence-corrected chi connectivity index (χ2v) is 8.09. The van der Waals surface area contributed by atoms with Gasteiger partial charge in [-0.2, -0.15) is 0 Å². The highest BCUT2D eigenvalue weighted by molar-refractivity contribution is 6.38. The smallest absolute Gasteiger partial charge is 0.198 e. The molecule has 2 fully saturated rings. The molecule has 26 heavy (non-hydrogen) atoms. The first-order valence-electron chi connectivity index (χ1n) is 9.84. The lowest BCUT2D eigenvalue weighted by Gasteiger charge is -2.26. The van der Waals surface area contributed by atoms with E-state index in [2.05, 4.69) is 23.9 Å². The third-order valence-corrected chi connectivity index (χ3v) is 5.83. The lowest BCUT2D eigenvalue weighted by Crippen LogP contribution is -2.34. The van der Waals surface area contributed by atoms with Gasteiger partial charge in [0.2, 0.25) is 0 Å². The molecule has 2 atom stereocenters. The summed E-state index contributed by atoms with van der Waals surface area (Å²) in [4.78, 5) is 50.1. The number of carbonyl (C=O) groups is 4. The Morgan fingerprint density at radius 3 is 1.38 bits per heavy atom. The molecule has 2 rings (SSSR count). The molecule has 0 bridgehead atoms. The van der Waals surface area contributed by atoms with Crippen molar-refractivity contribution in [3.8, 4) is 0 Å². The summed E-state index contributed by atoms with van der Waals surface area (Å²) in [6, 6.07) is 0. The van der Waals surface area contributed by atoms with Crippen molar-refractivity contribution >= 4 is 23.1 Å². The van der Waals surface area contributed by atoms with E-state index in [1.807, 2.05) is 0 Å². The first-order valence-corrected chi connectivity index (χ1v) is 9.84. The van der Waals surface area contributed by atoms with E-state index in [-0.39, 0.29) is 23.1 Å². The zero-order chi connectivity index (χ0) is 19.1. The van der Waals surface area contributed by atoms with Gasteiger partial charge in [-0.25, -0.2) is 0 Å². The standard InChI is InChI=1S/C20H32N2O4/c1-21(9-7-15-3-5-17(23)19(25)13-15)11-12-22(2)10-8-16-4-6-18(24)20(26)14-16/h15-16H,3-14H2,1-2H3. The third kappa shape index (κ3) is 6.72. The van der Waals surface area contributed by atoms with Gasteiger partial charge in [-0.3, -0.25) is 19.2 Å². The number of likely N-dealkylation sites (N-methyl/N-ethyl adjacent to an activating group) is 2. The lowest BCUT2D eigenvalue weighted by atomic mass is 9.85. The van der Waals surface area contributed by atoms with Crippen molar-refractivity contribution in [3.63, 3.8) is 0 Å². The van der Waals surface area contributed by atoms with Crippen molar-refractivity contribution in [2.24, 2.45) is 11.8 Å². The fourth-order valence-corrected chi connectivity index (χ4v) is 3.77. The highest BCUT2D eigenvalue weighted by atomic mass is 16.2. The van der Waals surface area contributed by atoms with Gasteiger partial charge < -0.3 is 9.80 Å². The minimum absolute atomic E-state index is 0.188. The Bertz CT molecular complexity index is 498. The molecule has 0 aliphatic heterocycles. The summed E-state index contributed by atoms with van der Waals surface area (Å²) in [5, 5.41) is 0. The molecule has 2 aliphatic carbocycles. The molecule has 0 radical (unpaired) electrons. The molecule has 0 N–H and O–H groups in total. The van der Waals surface area contributed by atoms with Crippen LogP contribution in [0.5, 0.6) is 0 Å². The van der Waals surface area contributed by atoms with Gasteiger partial charge in [0.05, 0.1) is 0 Å². The molecule has 0 aromatic heterocycles. The third-order valence-electron chi connectivity index (χ3n) is 5.83. The number of hydrogen-bond acceptors (Lipinski definition) is 6. The second-order valence-electron chi connectivity index (χ2n) is 8.09. The van der Waals surface area contributed by atoms with Gasteiger partial charge in [0.25, 0.3) is 0 Å². The van der Waals surface area contributed by atoms with Crippen LogP contribution in [-0.2, 0) is 19.2 Å². The molecular formula is C20H32N2O4. The zero-order valence-electron chi connectivity index (χ0n) is 16.2. The highest BCUT2D eigenvalue weighted by Crippen LogP contribution is 2.23. The summed E-state index contributed by atoms with van der Waals surface area (Å²) in [6.07, 6.45) is 5.33. The summed E-state index contributed by atoms with van der Waals surface area (Å²) < 4.78 is 0. The Hall–Kier alpha value is -1.40. The van der Waals surface area contributed by atoms with Crippen LogP contribution in [-0.4, -0.2) is 73.2 Å². The molecule has 146 valence electrons. The molecule has 0 aromatic carbocycles. The SMILES string of the molecule is CN(CCC1CCC(=O)C(=O)C1)CCN(C)CCC1CCC(=O)C(=O)C1. The molecule has 2 unspecified atom stereocenters. The van der Waals surface area contributed by atoms with E-state index in [0.29, 0.717) is 37.5 Å². The van der Waals surface area contributed by atoms with Crippen molar-refractivity contribution in [2.45, 2.75) is 51.4 Å². The Morgan fingerprint density at radius 2 is 1.04 bits per heavy atom. The molecule has 2 saturated carbocycles. The summed E-state index contributed by atoms with van der Waals surface area (Å²) in [7, 11) is 4.18. The van der Waals surface area contributed by atoms with Crippen molar-refractivity contribution < 1.29 is 19.2 Å². The maximum absolute atomic E-state index is 11.5. The first kappa shape index (κ1) is 20.9. The molecule has 0 aromatic rings. The van der Waals surface area contributed by atoms with E-state index in [9.17, 15) is 19.2 Å². The number of rotatable bonds is 9. The van der Waals surface area contributed by atoms with Crippen molar-refractivity contribution in [1.82, 2.24) is 9.80 Å². The monoisotopic (exact) mass is 364 g/mol. The van der Waals surface area contributed by atoms with Gasteiger partial charge in [-0.15, -0.1) is 0 Å². The fraction of sp³-hybridized carbons (Fsp3) is 0.800. The minimum Gasteiger partial charge on any atom is -0.305 e. The van der Waals surface area contributed by atoms with Crippen LogP contribution in [0.3, 0.4) is 0 Å². The zero-order valence-corrected chi connectivity index (χ0v) is 16.2. The lowest BCUT2D eigenvalue weighted by molar-refractivity contribution is -0.139. The van der Waals surface area contributed by atoms with Crippen LogP contribution in [0.2, 0.25) is 0 Å². The Labute approximate surface area is 156 Å². The Balaban J connectivity index is 1.56. The van der Waals surface area contributed by atoms with Crippen LogP contribution in [0.4, 0.5) is 0 Å². The summed E-state index contributed by atoms with van der Waals surface area (Å²) >= 11 is 0. The predicted molar refractivity (Wildman–Crippen MR) is 98.9 cm³/mol. The van der Waals surface area contributed by atoms with E-state index in [0.717, 1.165) is 51.9 Å². The molecule has 6 nitrogen and oxygen atoms in total. The van der Waals surface area contributed by atoms with Crippen LogP contribution < -0.4 is 0 Å². The molecule has 2 aliphatic rings. The average Bonchev–Trinajstić information content (AvgIpc) is 2.62.